The molecule has 0 aliphatic rings. The Morgan fingerprint density at radius 1 is 1.41 bits per heavy atom. The molecular weight excluding hydrogens is 220 g/mol. The number of rotatable bonds is 9. The maximum Gasteiger partial charge on any atom is 0.333 e. The summed E-state index contributed by atoms with van der Waals surface area (Å²) in [6.45, 7) is 9.87. The second-order valence-corrected chi connectivity index (χ2v) is 4.30. The summed E-state index contributed by atoms with van der Waals surface area (Å²) in [5.74, 6) is -0.441. The van der Waals surface area contributed by atoms with Crippen LogP contribution in [0.25, 0.3) is 0 Å². The van der Waals surface area contributed by atoms with E-state index in [-0.39, 0.29) is 12.5 Å². The highest BCUT2D eigenvalue weighted by atomic mass is 16.6. The Morgan fingerprint density at radius 2 is 2.06 bits per heavy atom. The molecular formula is C13H24O4. The highest BCUT2D eigenvalue weighted by Crippen LogP contribution is 2.10. The van der Waals surface area contributed by atoms with Crippen molar-refractivity contribution in [1.82, 2.24) is 0 Å². The van der Waals surface area contributed by atoms with Crippen LogP contribution in [0.1, 0.15) is 40.0 Å². The Morgan fingerprint density at radius 3 is 2.59 bits per heavy atom. The lowest BCUT2D eigenvalue weighted by Crippen LogP contribution is -2.23. The molecule has 2 atom stereocenters. The molecule has 2 unspecified atom stereocenters. The van der Waals surface area contributed by atoms with Gasteiger partial charge in [0.1, 0.15) is 0 Å². The molecule has 0 aromatic heterocycles. The molecule has 0 rings (SSSR count). The van der Waals surface area contributed by atoms with Gasteiger partial charge >= 0.3 is 5.97 Å². The first kappa shape index (κ1) is 16.1. The van der Waals surface area contributed by atoms with Gasteiger partial charge in [-0.15, -0.1) is 0 Å². The van der Waals surface area contributed by atoms with E-state index in [9.17, 15) is 9.90 Å². The van der Waals surface area contributed by atoms with E-state index in [1.54, 1.807) is 6.92 Å². The molecule has 0 bridgehead atoms. The van der Waals surface area contributed by atoms with Crippen LogP contribution in [0.4, 0.5) is 0 Å². The van der Waals surface area contributed by atoms with Gasteiger partial charge in [-0.05, 0) is 19.8 Å². The van der Waals surface area contributed by atoms with Crippen LogP contribution in [0.15, 0.2) is 12.2 Å². The first-order valence-corrected chi connectivity index (χ1v) is 6.11. The third-order valence-electron chi connectivity index (χ3n) is 2.43. The maximum atomic E-state index is 11.1. The summed E-state index contributed by atoms with van der Waals surface area (Å²) in [5.41, 5.74) is 0.386. The molecule has 0 aromatic carbocycles. The van der Waals surface area contributed by atoms with Crippen molar-refractivity contribution in [3.05, 3.63) is 12.2 Å². The van der Waals surface area contributed by atoms with Gasteiger partial charge in [0.15, 0.2) is 6.29 Å². The standard InChI is InChI=1S/C13H24O4/c1-5-6-8-16-13(15)11(4)7-9-17-12(14)10(2)3/h11,13,15H,2,5-9H2,1,3-4H3. The summed E-state index contributed by atoms with van der Waals surface area (Å²) < 4.78 is 10.2. The minimum absolute atomic E-state index is 0.0511. The molecule has 0 saturated heterocycles. The van der Waals surface area contributed by atoms with E-state index in [1.165, 1.54) is 0 Å². The van der Waals surface area contributed by atoms with Gasteiger partial charge in [-0.2, -0.15) is 0 Å². The number of unbranched alkanes of at least 4 members (excludes halogenated alkanes) is 1. The highest BCUT2D eigenvalue weighted by molar-refractivity contribution is 5.86. The topological polar surface area (TPSA) is 55.8 Å². The van der Waals surface area contributed by atoms with E-state index < -0.39 is 12.3 Å². The zero-order valence-corrected chi connectivity index (χ0v) is 11.1. The smallest absolute Gasteiger partial charge is 0.333 e. The Hall–Kier alpha value is -0.870. The van der Waals surface area contributed by atoms with Crippen molar-refractivity contribution in [1.29, 1.82) is 0 Å². The average Bonchev–Trinajstić information content (AvgIpc) is 2.28. The van der Waals surface area contributed by atoms with Gasteiger partial charge in [0.2, 0.25) is 0 Å². The fourth-order valence-corrected chi connectivity index (χ4v) is 1.12. The molecule has 0 aliphatic carbocycles. The van der Waals surface area contributed by atoms with Gasteiger partial charge in [-0.3, -0.25) is 0 Å². The van der Waals surface area contributed by atoms with E-state index in [2.05, 4.69) is 13.5 Å². The molecule has 0 aliphatic heterocycles. The number of carbonyl (C=O) groups excluding carboxylic acids is 1. The Kier molecular flexibility index (Phi) is 8.72. The molecule has 4 heteroatoms. The number of aliphatic hydroxyl groups excluding tert-OH is 1. The molecule has 0 spiro atoms. The molecule has 0 heterocycles. The Balaban J connectivity index is 3.66. The molecule has 1 N–H and O–H groups in total. The number of carbonyl (C=O) groups is 1. The Bertz CT molecular complexity index is 238. The van der Waals surface area contributed by atoms with Crippen molar-refractivity contribution >= 4 is 5.97 Å². The number of aliphatic hydroxyl groups is 1. The van der Waals surface area contributed by atoms with E-state index in [0.717, 1.165) is 12.8 Å². The average molecular weight is 244 g/mol. The highest BCUT2D eigenvalue weighted by Gasteiger charge is 2.15. The Labute approximate surface area is 104 Å². The zero-order valence-electron chi connectivity index (χ0n) is 11.1. The predicted octanol–water partition coefficient (Wildman–Crippen LogP) is 2.27. The van der Waals surface area contributed by atoms with Crippen LogP contribution in [0.5, 0.6) is 0 Å². The molecule has 0 fully saturated rings. The van der Waals surface area contributed by atoms with Gasteiger partial charge in [-0.25, -0.2) is 4.79 Å². The molecule has 100 valence electrons. The van der Waals surface area contributed by atoms with E-state index in [0.29, 0.717) is 18.6 Å². The zero-order chi connectivity index (χ0) is 13.3. The van der Waals surface area contributed by atoms with Gasteiger partial charge in [0.05, 0.1) is 6.61 Å². The first-order chi connectivity index (χ1) is 7.99. The summed E-state index contributed by atoms with van der Waals surface area (Å²) in [6, 6.07) is 0. The lowest BCUT2D eigenvalue weighted by molar-refractivity contribution is -0.146. The summed E-state index contributed by atoms with van der Waals surface area (Å²) in [6.07, 6.45) is 1.77. The molecule has 0 aromatic rings. The van der Waals surface area contributed by atoms with Gasteiger partial charge < -0.3 is 14.6 Å². The summed E-state index contributed by atoms with van der Waals surface area (Å²) in [5, 5.41) is 9.64. The lowest BCUT2D eigenvalue weighted by Gasteiger charge is -2.19. The van der Waals surface area contributed by atoms with Gasteiger partial charge in [-0.1, -0.05) is 26.8 Å². The predicted molar refractivity (Wildman–Crippen MR) is 66.4 cm³/mol. The quantitative estimate of drug-likeness (QED) is 0.292. The fraction of sp³-hybridized carbons (Fsp3) is 0.769. The number of esters is 1. The lowest BCUT2D eigenvalue weighted by atomic mass is 10.1. The van der Waals surface area contributed by atoms with Gasteiger partial charge in [0, 0.05) is 18.1 Å². The molecule has 0 saturated carbocycles. The number of ether oxygens (including phenoxy) is 2. The van der Waals surface area contributed by atoms with Crippen molar-refractivity contribution in [2.45, 2.75) is 46.3 Å². The van der Waals surface area contributed by atoms with Crippen LogP contribution in [0.2, 0.25) is 0 Å². The second kappa shape index (κ2) is 9.19. The van der Waals surface area contributed by atoms with Crippen LogP contribution in [0, 0.1) is 5.92 Å². The summed E-state index contributed by atoms with van der Waals surface area (Å²) >= 11 is 0. The maximum absolute atomic E-state index is 11.1. The van der Waals surface area contributed by atoms with Crippen molar-refractivity contribution in [3.8, 4) is 0 Å². The number of hydrogen-bond donors (Lipinski definition) is 1. The van der Waals surface area contributed by atoms with Crippen LogP contribution in [0.3, 0.4) is 0 Å². The monoisotopic (exact) mass is 244 g/mol. The minimum Gasteiger partial charge on any atom is -0.462 e. The SMILES string of the molecule is C=C(C)C(=O)OCCC(C)C(O)OCCCC. The third-order valence-corrected chi connectivity index (χ3v) is 2.43. The van der Waals surface area contributed by atoms with Crippen molar-refractivity contribution in [2.24, 2.45) is 5.92 Å². The molecule has 4 nitrogen and oxygen atoms in total. The first-order valence-electron chi connectivity index (χ1n) is 6.11. The van der Waals surface area contributed by atoms with Crippen LogP contribution < -0.4 is 0 Å². The van der Waals surface area contributed by atoms with E-state index in [4.69, 9.17) is 9.47 Å². The molecule has 0 radical (unpaired) electrons. The van der Waals surface area contributed by atoms with E-state index in [1.807, 2.05) is 6.92 Å². The van der Waals surface area contributed by atoms with Crippen LogP contribution in [-0.4, -0.2) is 30.6 Å². The largest absolute Gasteiger partial charge is 0.462 e. The normalized spacial score (nSPS) is 14.1. The summed E-state index contributed by atoms with van der Waals surface area (Å²) in [4.78, 5) is 11.1. The van der Waals surface area contributed by atoms with Crippen molar-refractivity contribution < 1.29 is 19.4 Å². The second-order valence-electron chi connectivity index (χ2n) is 4.30. The fourth-order valence-electron chi connectivity index (χ4n) is 1.12. The third kappa shape index (κ3) is 7.94. The summed E-state index contributed by atoms with van der Waals surface area (Å²) in [7, 11) is 0. The van der Waals surface area contributed by atoms with Crippen molar-refractivity contribution in [2.75, 3.05) is 13.2 Å². The van der Waals surface area contributed by atoms with Crippen LogP contribution in [-0.2, 0) is 14.3 Å². The number of hydrogen-bond acceptors (Lipinski definition) is 4. The van der Waals surface area contributed by atoms with E-state index >= 15 is 0 Å². The van der Waals surface area contributed by atoms with Crippen molar-refractivity contribution in [3.63, 3.8) is 0 Å². The minimum atomic E-state index is -0.787. The van der Waals surface area contributed by atoms with Crippen LogP contribution >= 0.6 is 0 Å². The molecule has 17 heavy (non-hydrogen) atoms. The molecule has 0 amide bonds. The van der Waals surface area contributed by atoms with Gasteiger partial charge in [0.25, 0.3) is 0 Å².